The number of benzene rings is 2. The van der Waals surface area contributed by atoms with Crippen molar-refractivity contribution >= 4 is 44.9 Å². The van der Waals surface area contributed by atoms with Gasteiger partial charge in [0, 0.05) is 20.6 Å². The van der Waals surface area contributed by atoms with E-state index >= 15 is 0 Å². The first kappa shape index (κ1) is 14.6. The van der Waals surface area contributed by atoms with Crippen LogP contribution in [0.25, 0.3) is 0 Å². The number of rotatable bonds is 2. The van der Waals surface area contributed by atoms with Crippen molar-refractivity contribution in [3.8, 4) is 0 Å². The van der Waals surface area contributed by atoms with Crippen molar-refractivity contribution in [1.29, 1.82) is 0 Å². The molecule has 2 aromatic rings. The molecular weight excluding hydrogens is 347 g/mol. The Morgan fingerprint density at radius 1 is 1.05 bits per heavy atom. The van der Waals surface area contributed by atoms with E-state index in [1.165, 1.54) is 0 Å². The molecule has 0 spiro atoms. The van der Waals surface area contributed by atoms with Crippen molar-refractivity contribution < 1.29 is 4.79 Å². The van der Waals surface area contributed by atoms with Crippen molar-refractivity contribution in [3.05, 3.63) is 67.1 Å². The van der Waals surface area contributed by atoms with Crippen LogP contribution in [0.3, 0.4) is 0 Å². The molecule has 2 aromatic carbocycles. The highest BCUT2D eigenvalue weighted by Crippen LogP contribution is 2.27. The molecule has 0 heterocycles. The fourth-order valence-corrected chi connectivity index (χ4v) is 2.51. The van der Waals surface area contributed by atoms with E-state index in [2.05, 4.69) is 15.9 Å². The molecule has 0 aliphatic carbocycles. The van der Waals surface area contributed by atoms with Gasteiger partial charge in [-0.15, -0.1) is 0 Å². The first-order valence-corrected chi connectivity index (χ1v) is 7.21. The van der Waals surface area contributed by atoms with Gasteiger partial charge >= 0.3 is 0 Å². The lowest BCUT2D eigenvalue weighted by molar-refractivity contribution is 0.103. The first-order valence-electron chi connectivity index (χ1n) is 5.66. The van der Waals surface area contributed by atoms with Crippen LogP contribution in [-0.2, 0) is 0 Å². The van der Waals surface area contributed by atoms with Crippen LogP contribution in [0.5, 0.6) is 0 Å². The molecule has 0 saturated carbocycles. The van der Waals surface area contributed by atoms with Crippen molar-refractivity contribution in [3.63, 3.8) is 0 Å². The van der Waals surface area contributed by atoms with E-state index in [0.717, 1.165) is 15.6 Å². The summed E-state index contributed by atoms with van der Waals surface area (Å²) < 4.78 is 1.02. The Balaban J connectivity index is 2.53. The molecule has 98 valence electrons. The summed E-state index contributed by atoms with van der Waals surface area (Å²) in [6, 6.07) is 8.58. The Kier molecular flexibility index (Phi) is 4.34. The highest BCUT2D eigenvalue weighted by molar-refractivity contribution is 9.10. The van der Waals surface area contributed by atoms with Crippen molar-refractivity contribution in [2.24, 2.45) is 0 Å². The molecule has 2 rings (SSSR count). The Labute approximate surface area is 130 Å². The van der Waals surface area contributed by atoms with Crippen molar-refractivity contribution in [1.82, 2.24) is 0 Å². The monoisotopic (exact) mass is 356 g/mol. The maximum Gasteiger partial charge on any atom is 0.194 e. The van der Waals surface area contributed by atoms with Crippen LogP contribution in [-0.4, -0.2) is 5.78 Å². The zero-order valence-electron chi connectivity index (χ0n) is 10.4. The molecule has 0 saturated heterocycles. The molecule has 19 heavy (non-hydrogen) atoms. The van der Waals surface area contributed by atoms with Gasteiger partial charge < -0.3 is 0 Å². The Bertz CT molecular complexity index is 642. The molecule has 0 amide bonds. The predicted molar refractivity (Wildman–Crippen MR) is 83.5 cm³/mol. The summed E-state index contributed by atoms with van der Waals surface area (Å²) in [6.07, 6.45) is 0. The highest BCUT2D eigenvalue weighted by Gasteiger charge is 2.15. The minimum Gasteiger partial charge on any atom is -0.289 e. The van der Waals surface area contributed by atoms with E-state index < -0.39 is 0 Å². The van der Waals surface area contributed by atoms with Crippen LogP contribution in [0.2, 0.25) is 10.0 Å². The maximum atomic E-state index is 12.5. The number of aryl methyl sites for hydroxylation is 2. The summed E-state index contributed by atoms with van der Waals surface area (Å²) in [4.78, 5) is 12.5. The summed E-state index contributed by atoms with van der Waals surface area (Å²) >= 11 is 15.5. The fraction of sp³-hybridized carbons (Fsp3) is 0.133. The molecule has 0 aliphatic rings. The number of carbonyl (C=O) groups is 1. The summed E-state index contributed by atoms with van der Waals surface area (Å²) in [5.41, 5.74) is 3.07. The zero-order valence-corrected chi connectivity index (χ0v) is 13.5. The molecule has 1 nitrogen and oxygen atoms in total. The lowest BCUT2D eigenvalue weighted by Gasteiger charge is -2.08. The van der Waals surface area contributed by atoms with E-state index in [4.69, 9.17) is 23.2 Å². The SMILES string of the molecule is Cc1cc(C(=O)c2cc(Cl)ccc2Cl)cc(C)c1Br. The number of ketones is 1. The Morgan fingerprint density at radius 3 is 2.21 bits per heavy atom. The van der Waals surface area contributed by atoms with E-state index in [0.29, 0.717) is 21.2 Å². The summed E-state index contributed by atoms with van der Waals surface area (Å²) in [5, 5.41) is 0.908. The van der Waals surface area contributed by atoms with E-state index in [1.807, 2.05) is 26.0 Å². The number of hydrogen-bond donors (Lipinski definition) is 0. The third kappa shape index (κ3) is 3.02. The minimum absolute atomic E-state index is 0.119. The third-order valence-corrected chi connectivity index (χ3v) is 4.69. The van der Waals surface area contributed by atoms with Gasteiger partial charge in [-0.05, 0) is 55.3 Å². The normalized spacial score (nSPS) is 10.6. The second-order valence-electron chi connectivity index (χ2n) is 4.38. The molecular formula is C15H11BrCl2O. The smallest absolute Gasteiger partial charge is 0.194 e. The summed E-state index contributed by atoms with van der Waals surface area (Å²) in [5.74, 6) is -0.119. The molecule has 0 fully saturated rings. The second-order valence-corrected chi connectivity index (χ2v) is 6.01. The lowest BCUT2D eigenvalue weighted by Crippen LogP contribution is -2.03. The largest absolute Gasteiger partial charge is 0.289 e. The van der Waals surface area contributed by atoms with Crippen LogP contribution in [0.4, 0.5) is 0 Å². The van der Waals surface area contributed by atoms with Gasteiger partial charge in [-0.2, -0.15) is 0 Å². The van der Waals surface area contributed by atoms with Crippen LogP contribution in [0.15, 0.2) is 34.8 Å². The van der Waals surface area contributed by atoms with Crippen LogP contribution >= 0.6 is 39.1 Å². The lowest BCUT2D eigenvalue weighted by atomic mass is 9.99. The number of hydrogen-bond acceptors (Lipinski definition) is 1. The van der Waals surface area contributed by atoms with E-state index in [1.54, 1.807) is 18.2 Å². The molecule has 0 unspecified atom stereocenters. The average molecular weight is 358 g/mol. The summed E-state index contributed by atoms with van der Waals surface area (Å²) in [7, 11) is 0. The average Bonchev–Trinajstić information content (AvgIpc) is 2.37. The van der Waals surface area contributed by atoms with E-state index in [-0.39, 0.29) is 5.78 Å². The number of carbonyl (C=O) groups excluding carboxylic acids is 1. The van der Waals surface area contributed by atoms with Crippen molar-refractivity contribution in [2.75, 3.05) is 0 Å². The zero-order chi connectivity index (χ0) is 14.2. The molecule has 0 bridgehead atoms. The Morgan fingerprint density at radius 2 is 1.63 bits per heavy atom. The van der Waals surface area contributed by atoms with Crippen molar-refractivity contribution in [2.45, 2.75) is 13.8 Å². The minimum atomic E-state index is -0.119. The van der Waals surface area contributed by atoms with Gasteiger partial charge in [0.05, 0.1) is 5.02 Å². The van der Waals surface area contributed by atoms with Gasteiger partial charge in [-0.25, -0.2) is 0 Å². The quantitative estimate of drug-likeness (QED) is 0.639. The Hall–Kier alpha value is -0.830. The van der Waals surface area contributed by atoms with Gasteiger partial charge in [0.25, 0.3) is 0 Å². The maximum absolute atomic E-state index is 12.5. The fourth-order valence-electron chi connectivity index (χ4n) is 1.90. The van der Waals surface area contributed by atoms with Gasteiger partial charge in [0.2, 0.25) is 0 Å². The van der Waals surface area contributed by atoms with Gasteiger partial charge in [0.1, 0.15) is 0 Å². The van der Waals surface area contributed by atoms with E-state index in [9.17, 15) is 4.79 Å². The molecule has 4 heteroatoms. The predicted octanol–water partition coefficient (Wildman–Crippen LogP) is 5.60. The van der Waals surface area contributed by atoms with Crippen LogP contribution in [0.1, 0.15) is 27.0 Å². The van der Waals surface area contributed by atoms with Gasteiger partial charge in [-0.3, -0.25) is 4.79 Å². The molecule has 0 radical (unpaired) electrons. The molecule has 0 atom stereocenters. The highest BCUT2D eigenvalue weighted by atomic mass is 79.9. The molecule has 0 aliphatic heterocycles. The molecule has 0 aromatic heterocycles. The third-order valence-electron chi connectivity index (χ3n) is 2.87. The van der Waals surface area contributed by atoms with Crippen LogP contribution < -0.4 is 0 Å². The van der Waals surface area contributed by atoms with Crippen LogP contribution in [0, 0.1) is 13.8 Å². The topological polar surface area (TPSA) is 17.1 Å². The number of halogens is 3. The molecule has 0 N–H and O–H groups in total. The van der Waals surface area contributed by atoms with Gasteiger partial charge in [0.15, 0.2) is 5.78 Å². The summed E-state index contributed by atoms with van der Waals surface area (Å²) in [6.45, 7) is 3.90. The van der Waals surface area contributed by atoms with Gasteiger partial charge in [-0.1, -0.05) is 39.1 Å². The first-order chi connectivity index (χ1) is 8.90. The standard InChI is InChI=1S/C15H11BrCl2O/c1-8-5-10(6-9(2)14(8)16)15(19)12-7-11(17)3-4-13(12)18/h3-7H,1-2H3. The second kappa shape index (κ2) is 5.66.